The molecule has 0 amide bonds. The smallest absolute Gasteiger partial charge is 0.338 e. The molecule has 0 spiro atoms. The third-order valence-corrected chi connectivity index (χ3v) is 7.06. The highest BCUT2D eigenvalue weighted by Gasteiger charge is 2.33. The Kier molecular flexibility index (Phi) is 7.14. The summed E-state index contributed by atoms with van der Waals surface area (Å²) in [5, 5.41) is 0. The van der Waals surface area contributed by atoms with E-state index in [1.54, 1.807) is 18.4 Å². The van der Waals surface area contributed by atoms with E-state index in [-0.39, 0.29) is 12.2 Å². The van der Waals surface area contributed by atoms with Crippen LogP contribution in [0, 0.1) is 0 Å². The number of nitrogens with zero attached hydrogens (tertiary/aromatic N) is 2. The zero-order valence-corrected chi connectivity index (χ0v) is 21.4. The lowest BCUT2D eigenvalue weighted by Crippen LogP contribution is -2.39. The summed E-state index contributed by atoms with van der Waals surface area (Å²) in [7, 11) is 0. The van der Waals surface area contributed by atoms with Crippen LogP contribution in [0.2, 0.25) is 0 Å². The number of hydrogen-bond acceptors (Lipinski definition) is 6. The second-order valence-electron chi connectivity index (χ2n) is 8.53. The second-order valence-corrected chi connectivity index (χ2v) is 9.53. The molecular formula is C30H26N2O4S. The van der Waals surface area contributed by atoms with Crippen molar-refractivity contribution in [3.05, 3.63) is 133 Å². The van der Waals surface area contributed by atoms with Gasteiger partial charge < -0.3 is 9.47 Å². The predicted octanol–water partition coefficient (Wildman–Crippen LogP) is 4.38. The number of fused-ring (bicyclic) bond motifs is 1. The van der Waals surface area contributed by atoms with E-state index in [1.165, 1.54) is 11.3 Å². The summed E-state index contributed by atoms with van der Waals surface area (Å²) in [5.41, 5.74) is 3.37. The Morgan fingerprint density at radius 3 is 2.41 bits per heavy atom. The molecule has 2 heterocycles. The molecule has 0 saturated carbocycles. The largest absolute Gasteiger partial charge is 0.488 e. The van der Waals surface area contributed by atoms with Crippen LogP contribution in [0.1, 0.15) is 36.6 Å². The number of carbonyl (C=O) groups is 1. The summed E-state index contributed by atoms with van der Waals surface area (Å²) in [6.07, 6.45) is 1.83. The highest BCUT2D eigenvalue weighted by Crippen LogP contribution is 2.30. The zero-order valence-electron chi connectivity index (χ0n) is 20.6. The molecule has 5 rings (SSSR count). The number of carbonyl (C=O) groups excluding carboxylic acids is 1. The first-order valence-corrected chi connectivity index (χ1v) is 12.9. The number of ether oxygens (including phenoxy) is 2. The number of rotatable bonds is 7. The van der Waals surface area contributed by atoms with Gasteiger partial charge in [0, 0.05) is 5.56 Å². The first-order chi connectivity index (χ1) is 18.1. The summed E-state index contributed by atoms with van der Waals surface area (Å²) in [6, 6.07) is 26.4. The molecule has 0 aliphatic carbocycles. The minimum atomic E-state index is -0.622. The van der Waals surface area contributed by atoms with Gasteiger partial charge >= 0.3 is 5.97 Å². The van der Waals surface area contributed by atoms with Crippen molar-refractivity contribution in [2.24, 2.45) is 4.99 Å². The van der Waals surface area contributed by atoms with Crippen molar-refractivity contribution >= 4 is 23.4 Å². The quantitative estimate of drug-likeness (QED) is 0.346. The minimum absolute atomic E-state index is 0.218. The summed E-state index contributed by atoms with van der Waals surface area (Å²) < 4.78 is 13.5. The fourth-order valence-electron chi connectivity index (χ4n) is 4.35. The van der Waals surface area contributed by atoms with Gasteiger partial charge in [-0.05, 0) is 37.1 Å². The lowest BCUT2D eigenvalue weighted by Gasteiger charge is -2.24. The zero-order chi connectivity index (χ0) is 25.8. The average molecular weight is 511 g/mol. The van der Waals surface area contributed by atoms with Crippen molar-refractivity contribution in [2.45, 2.75) is 26.5 Å². The van der Waals surface area contributed by atoms with Crippen LogP contribution in [0.15, 0.2) is 106 Å². The lowest BCUT2D eigenvalue weighted by molar-refractivity contribution is -0.139. The normalized spacial score (nSPS) is 15.2. The summed E-state index contributed by atoms with van der Waals surface area (Å²) in [5.74, 6) is 0.215. The van der Waals surface area contributed by atoms with Crippen LogP contribution >= 0.6 is 11.3 Å². The van der Waals surface area contributed by atoms with Crippen molar-refractivity contribution in [3.8, 4) is 5.75 Å². The van der Waals surface area contributed by atoms with Gasteiger partial charge in [-0.25, -0.2) is 9.79 Å². The number of benzene rings is 3. The predicted molar refractivity (Wildman–Crippen MR) is 144 cm³/mol. The molecule has 0 saturated heterocycles. The van der Waals surface area contributed by atoms with E-state index in [9.17, 15) is 9.59 Å². The molecule has 37 heavy (non-hydrogen) atoms. The van der Waals surface area contributed by atoms with Gasteiger partial charge in [-0.2, -0.15) is 0 Å². The van der Waals surface area contributed by atoms with Crippen molar-refractivity contribution in [2.75, 3.05) is 6.61 Å². The van der Waals surface area contributed by atoms with E-state index in [0.29, 0.717) is 33.0 Å². The van der Waals surface area contributed by atoms with Gasteiger partial charge in [0.05, 0.1) is 28.5 Å². The van der Waals surface area contributed by atoms with Crippen molar-refractivity contribution in [1.29, 1.82) is 0 Å². The van der Waals surface area contributed by atoms with Crippen LogP contribution in [-0.2, 0) is 16.1 Å². The first-order valence-electron chi connectivity index (χ1n) is 12.1. The first kappa shape index (κ1) is 24.5. The number of aromatic nitrogens is 1. The fraction of sp³-hybridized carbons (Fsp3) is 0.167. The number of thiazole rings is 1. The molecule has 6 nitrogen and oxygen atoms in total. The molecule has 0 radical (unpaired) electrons. The summed E-state index contributed by atoms with van der Waals surface area (Å²) >= 11 is 1.30. The minimum Gasteiger partial charge on any atom is -0.488 e. The van der Waals surface area contributed by atoms with E-state index in [4.69, 9.17) is 9.47 Å². The molecule has 1 aliphatic heterocycles. The Morgan fingerprint density at radius 2 is 1.68 bits per heavy atom. The van der Waals surface area contributed by atoms with Crippen molar-refractivity contribution < 1.29 is 14.3 Å². The molecule has 7 heteroatoms. The van der Waals surface area contributed by atoms with Gasteiger partial charge in [-0.1, -0.05) is 90.2 Å². The van der Waals surface area contributed by atoms with E-state index in [0.717, 1.165) is 16.7 Å². The Hall–Kier alpha value is -4.23. The molecular weight excluding hydrogens is 484 g/mol. The number of para-hydroxylation sites is 1. The molecule has 0 fully saturated rings. The molecule has 4 aromatic rings. The van der Waals surface area contributed by atoms with Crippen LogP contribution < -0.4 is 19.6 Å². The molecule has 0 N–H and O–H groups in total. The van der Waals surface area contributed by atoms with Gasteiger partial charge in [0.1, 0.15) is 12.4 Å². The van der Waals surface area contributed by atoms with E-state index in [2.05, 4.69) is 4.99 Å². The summed E-state index contributed by atoms with van der Waals surface area (Å²) in [4.78, 5) is 31.9. The number of hydrogen-bond donors (Lipinski definition) is 0. The topological polar surface area (TPSA) is 69.9 Å². The Labute approximate surface area is 218 Å². The van der Waals surface area contributed by atoms with Gasteiger partial charge in [0.25, 0.3) is 5.56 Å². The standard InChI is InChI=1S/C30H26N2O4S/c1-3-35-29(34)26-20(2)31-30-32(27(26)22-14-8-5-9-15-22)28(33)25(37-30)18-23-16-10-11-17-24(23)36-19-21-12-6-4-7-13-21/h4-18,27H,3,19H2,1-2H3/b25-18-/t27-/m0/s1. The molecule has 1 aromatic heterocycles. The fourth-order valence-corrected chi connectivity index (χ4v) is 5.39. The lowest BCUT2D eigenvalue weighted by atomic mass is 9.96. The molecule has 1 atom stereocenters. The maximum Gasteiger partial charge on any atom is 0.338 e. The highest BCUT2D eigenvalue weighted by molar-refractivity contribution is 7.07. The monoisotopic (exact) mass is 510 g/mol. The van der Waals surface area contributed by atoms with E-state index in [1.807, 2.05) is 91.0 Å². The third kappa shape index (κ3) is 5.04. The van der Waals surface area contributed by atoms with Crippen LogP contribution in [0.25, 0.3) is 6.08 Å². The molecule has 0 unspecified atom stereocenters. The van der Waals surface area contributed by atoms with Gasteiger partial charge in [0.2, 0.25) is 0 Å². The van der Waals surface area contributed by atoms with Gasteiger partial charge in [0.15, 0.2) is 4.80 Å². The van der Waals surface area contributed by atoms with Crippen LogP contribution in [0.3, 0.4) is 0 Å². The number of allylic oxidation sites excluding steroid dienone is 1. The van der Waals surface area contributed by atoms with Crippen LogP contribution in [-0.4, -0.2) is 17.1 Å². The third-order valence-electron chi connectivity index (χ3n) is 6.08. The molecule has 0 bridgehead atoms. The number of esters is 1. The highest BCUT2D eigenvalue weighted by atomic mass is 32.1. The molecule has 3 aromatic carbocycles. The van der Waals surface area contributed by atoms with Crippen LogP contribution in [0.4, 0.5) is 0 Å². The Bertz CT molecular complexity index is 1640. The van der Waals surface area contributed by atoms with E-state index < -0.39 is 12.0 Å². The summed E-state index contributed by atoms with van der Waals surface area (Å²) in [6.45, 7) is 4.20. The Balaban J connectivity index is 1.60. The van der Waals surface area contributed by atoms with Crippen molar-refractivity contribution in [1.82, 2.24) is 4.57 Å². The molecule has 1 aliphatic rings. The van der Waals surface area contributed by atoms with Crippen LogP contribution in [0.5, 0.6) is 5.75 Å². The molecule has 186 valence electrons. The van der Waals surface area contributed by atoms with E-state index >= 15 is 0 Å². The van der Waals surface area contributed by atoms with Gasteiger partial charge in [-0.15, -0.1) is 0 Å². The maximum absolute atomic E-state index is 13.8. The maximum atomic E-state index is 13.8. The second kappa shape index (κ2) is 10.8. The Morgan fingerprint density at radius 1 is 1.00 bits per heavy atom. The SMILES string of the molecule is CCOC(=O)C1=C(C)N=c2s/c(=C\c3ccccc3OCc3ccccc3)c(=O)n2[C@H]1c1ccccc1. The van der Waals surface area contributed by atoms with Gasteiger partial charge in [-0.3, -0.25) is 9.36 Å². The van der Waals surface area contributed by atoms with Crippen molar-refractivity contribution in [3.63, 3.8) is 0 Å². The average Bonchev–Trinajstić information content (AvgIpc) is 3.22.